The van der Waals surface area contributed by atoms with Crippen LogP contribution in [0.15, 0.2) is 6.07 Å². The van der Waals surface area contributed by atoms with Crippen molar-refractivity contribution in [3.63, 3.8) is 0 Å². The molecule has 1 rings (SSSR count). The maximum absolute atomic E-state index is 12.5. The van der Waals surface area contributed by atoms with E-state index in [4.69, 9.17) is 9.47 Å². The van der Waals surface area contributed by atoms with Crippen molar-refractivity contribution in [2.45, 2.75) is 110 Å². The van der Waals surface area contributed by atoms with Crippen LogP contribution in [0.25, 0.3) is 0 Å². The number of phenolic OH excluding ortho intramolecular Hbond substituents is 2. The standard InChI is InChI=1S/C26H44O5/c1-4-5-6-7-8-9-10-11-12-13-14-15-16-17-18-19-21(27)24-22(28)20-23(30-2)26(31-3)25(24)29/h20,28-29H,4-19H2,1-3H3. The molecule has 0 fully saturated rings. The Bertz CT molecular complexity index is 627. The summed E-state index contributed by atoms with van der Waals surface area (Å²) in [6.07, 6.45) is 19.3. The zero-order chi connectivity index (χ0) is 22.9. The van der Waals surface area contributed by atoms with Crippen molar-refractivity contribution in [2.24, 2.45) is 0 Å². The average molecular weight is 437 g/mol. The number of ether oxygens (including phenoxy) is 2. The van der Waals surface area contributed by atoms with Crippen molar-refractivity contribution in [3.05, 3.63) is 11.6 Å². The fourth-order valence-corrected chi connectivity index (χ4v) is 4.02. The van der Waals surface area contributed by atoms with Crippen LogP contribution >= 0.6 is 0 Å². The second kappa shape index (κ2) is 16.7. The summed E-state index contributed by atoms with van der Waals surface area (Å²) < 4.78 is 10.2. The minimum Gasteiger partial charge on any atom is -0.507 e. The van der Waals surface area contributed by atoms with E-state index in [9.17, 15) is 15.0 Å². The van der Waals surface area contributed by atoms with Crippen LogP contribution in [0.5, 0.6) is 23.0 Å². The number of hydrogen-bond acceptors (Lipinski definition) is 5. The summed E-state index contributed by atoms with van der Waals surface area (Å²) in [6, 6.07) is 1.30. The van der Waals surface area contributed by atoms with E-state index in [1.807, 2.05) is 0 Å². The van der Waals surface area contributed by atoms with Crippen molar-refractivity contribution < 1.29 is 24.5 Å². The molecule has 5 heteroatoms. The van der Waals surface area contributed by atoms with E-state index in [-0.39, 0.29) is 34.3 Å². The van der Waals surface area contributed by atoms with Gasteiger partial charge < -0.3 is 19.7 Å². The number of ketones is 1. The zero-order valence-electron chi connectivity index (χ0n) is 20.0. The monoisotopic (exact) mass is 436 g/mol. The smallest absolute Gasteiger partial charge is 0.204 e. The number of carbonyl (C=O) groups is 1. The summed E-state index contributed by atoms with van der Waals surface area (Å²) in [7, 11) is 2.80. The van der Waals surface area contributed by atoms with Gasteiger partial charge in [0.1, 0.15) is 11.3 Å². The van der Waals surface area contributed by atoms with E-state index in [1.165, 1.54) is 97.3 Å². The predicted molar refractivity (Wildman–Crippen MR) is 127 cm³/mol. The first-order valence-corrected chi connectivity index (χ1v) is 12.3. The average Bonchev–Trinajstić information content (AvgIpc) is 2.76. The highest BCUT2D eigenvalue weighted by atomic mass is 16.5. The fraction of sp³-hybridized carbons (Fsp3) is 0.731. The topological polar surface area (TPSA) is 76.0 Å². The highest BCUT2D eigenvalue weighted by Gasteiger charge is 2.23. The maximum Gasteiger partial charge on any atom is 0.204 e. The van der Waals surface area contributed by atoms with E-state index in [0.717, 1.165) is 19.3 Å². The van der Waals surface area contributed by atoms with Crippen molar-refractivity contribution in [1.29, 1.82) is 0 Å². The molecule has 178 valence electrons. The lowest BCUT2D eigenvalue weighted by Crippen LogP contribution is -2.03. The minimum absolute atomic E-state index is 0.0696. The van der Waals surface area contributed by atoms with Gasteiger partial charge >= 0.3 is 0 Å². The lowest BCUT2D eigenvalue weighted by atomic mass is 10.0. The quantitative estimate of drug-likeness (QED) is 0.173. The van der Waals surface area contributed by atoms with E-state index >= 15 is 0 Å². The molecule has 0 aliphatic carbocycles. The zero-order valence-corrected chi connectivity index (χ0v) is 20.0. The summed E-state index contributed by atoms with van der Waals surface area (Å²) in [5, 5.41) is 20.4. The summed E-state index contributed by atoms with van der Waals surface area (Å²) in [6.45, 7) is 2.26. The normalized spacial score (nSPS) is 10.9. The molecule has 0 unspecified atom stereocenters. The van der Waals surface area contributed by atoms with Crippen molar-refractivity contribution in [1.82, 2.24) is 0 Å². The van der Waals surface area contributed by atoms with E-state index in [2.05, 4.69) is 6.92 Å². The molecule has 0 aliphatic rings. The third-order valence-electron chi connectivity index (χ3n) is 5.91. The number of unbranched alkanes of at least 4 members (excludes halogenated alkanes) is 14. The molecule has 0 amide bonds. The van der Waals surface area contributed by atoms with Crippen LogP contribution in [0.2, 0.25) is 0 Å². The number of rotatable bonds is 19. The SMILES string of the molecule is CCCCCCCCCCCCCCCCCC(=O)c1c(O)cc(OC)c(OC)c1O. The molecule has 0 radical (unpaired) electrons. The molecule has 0 heterocycles. The minimum atomic E-state index is -0.356. The molecule has 5 nitrogen and oxygen atoms in total. The summed E-state index contributed by atoms with van der Waals surface area (Å²) in [5.74, 6) is -0.641. The molecular formula is C26H44O5. The summed E-state index contributed by atoms with van der Waals surface area (Å²) in [5.41, 5.74) is -0.0805. The van der Waals surface area contributed by atoms with Gasteiger partial charge in [-0.15, -0.1) is 0 Å². The Balaban J connectivity index is 2.12. The Morgan fingerprint density at radius 3 is 1.61 bits per heavy atom. The fourth-order valence-electron chi connectivity index (χ4n) is 4.02. The number of benzene rings is 1. The van der Waals surface area contributed by atoms with E-state index in [1.54, 1.807) is 0 Å². The van der Waals surface area contributed by atoms with E-state index < -0.39 is 0 Å². The molecule has 2 N–H and O–H groups in total. The number of carbonyl (C=O) groups excluding carboxylic acids is 1. The van der Waals surface area contributed by atoms with Gasteiger partial charge in [0.05, 0.1) is 14.2 Å². The molecule has 0 spiro atoms. The van der Waals surface area contributed by atoms with Gasteiger partial charge in [-0.1, -0.05) is 96.8 Å². The molecule has 0 saturated carbocycles. The number of aromatic hydroxyl groups is 2. The van der Waals surface area contributed by atoms with Crippen LogP contribution in [0, 0.1) is 0 Å². The first-order valence-electron chi connectivity index (χ1n) is 12.3. The van der Waals surface area contributed by atoms with Gasteiger partial charge in [0.15, 0.2) is 17.3 Å². The lowest BCUT2D eigenvalue weighted by molar-refractivity contribution is 0.0973. The Labute approximate surface area is 189 Å². The van der Waals surface area contributed by atoms with Crippen LogP contribution < -0.4 is 9.47 Å². The number of Topliss-reactive ketones (excluding diaryl/α,β-unsaturated/α-hetero) is 1. The largest absolute Gasteiger partial charge is 0.507 e. The molecule has 0 saturated heterocycles. The number of hydrogen-bond donors (Lipinski definition) is 2. The second-order valence-corrected chi connectivity index (χ2v) is 8.48. The predicted octanol–water partition coefficient (Wildman–Crippen LogP) is 7.56. The molecule has 31 heavy (non-hydrogen) atoms. The van der Waals surface area contributed by atoms with Crippen LogP contribution in [-0.2, 0) is 0 Å². The molecule has 0 aliphatic heterocycles. The van der Waals surface area contributed by atoms with Crippen molar-refractivity contribution in [2.75, 3.05) is 14.2 Å². The Morgan fingerprint density at radius 2 is 1.19 bits per heavy atom. The van der Waals surface area contributed by atoms with Gasteiger partial charge in [-0.2, -0.15) is 0 Å². The van der Waals surface area contributed by atoms with Crippen molar-refractivity contribution >= 4 is 5.78 Å². The van der Waals surface area contributed by atoms with Crippen LogP contribution in [0.4, 0.5) is 0 Å². The molecule has 0 aromatic heterocycles. The van der Waals surface area contributed by atoms with Gasteiger partial charge in [-0.3, -0.25) is 4.79 Å². The first kappa shape index (κ1) is 27.1. The van der Waals surface area contributed by atoms with Crippen LogP contribution in [0.1, 0.15) is 120 Å². The third kappa shape index (κ3) is 10.3. The van der Waals surface area contributed by atoms with Gasteiger partial charge in [-0.05, 0) is 6.42 Å². The first-order chi connectivity index (χ1) is 15.1. The van der Waals surface area contributed by atoms with Gasteiger partial charge in [-0.25, -0.2) is 0 Å². The Hall–Kier alpha value is -1.91. The Morgan fingerprint density at radius 1 is 0.742 bits per heavy atom. The lowest BCUT2D eigenvalue weighted by Gasteiger charge is -2.14. The van der Waals surface area contributed by atoms with Crippen LogP contribution in [0.3, 0.4) is 0 Å². The second-order valence-electron chi connectivity index (χ2n) is 8.48. The molecular weight excluding hydrogens is 392 g/mol. The summed E-state index contributed by atoms with van der Waals surface area (Å²) >= 11 is 0. The van der Waals surface area contributed by atoms with Crippen LogP contribution in [-0.4, -0.2) is 30.2 Å². The maximum atomic E-state index is 12.5. The molecule has 0 atom stereocenters. The van der Waals surface area contributed by atoms with E-state index in [0.29, 0.717) is 6.42 Å². The van der Waals surface area contributed by atoms with Gasteiger partial charge in [0.25, 0.3) is 0 Å². The summed E-state index contributed by atoms with van der Waals surface area (Å²) in [4.78, 5) is 12.5. The third-order valence-corrected chi connectivity index (χ3v) is 5.91. The Kier molecular flexibility index (Phi) is 14.6. The molecule has 1 aromatic carbocycles. The number of methoxy groups -OCH3 is 2. The van der Waals surface area contributed by atoms with Crippen molar-refractivity contribution in [3.8, 4) is 23.0 Å². The van der Waals surface area contributed by atoms with Gasteiger partial charge in [0.2, 0.25) is 5.75 Å². The highest BCUT2D eigenvalue weighted by Crippen LogP contribution is 2.44. The highest BCUT2D eigenvalue weighted by molar-refractivity contribution is 6.02. The molecule has 0 bridgehead atoms. The molecule has 1 aromatic rings. The van der Waals surface area contributed by atoms with Gasteiger partial charge in [0, 0.05) is 12.5 Å². The number of phenols is 2.